The fourth-order valence-electron chi connectivity index (χ4n) is 4.61. The molecule has 150 valence electrons. The molecule has 3 aromatic heterocycles. The van der Waals surface area contributed by atoms with Gasteiger partial charge in [-0.2, -0.15) is 0 Å². The number of hydrogen-bond donors (Lipinski definition) is 1. The van der Waals surface area contributed by atoms with Gasteiger partial charge in [0.25, 0.3) is 0 Å². The van der Waals surface area contributed by atoms with E-state index in [0.29, 0.717) is 12.6 Å². The van der Waals surface area contributed by atoms with Crippen LogP contribution in [-0.2, 0) is 6.54 Å². The number of anilines is 1. The van der Waals surface area contributed by atoms with Crippen LogP contribution in [0.3, 0.4) is 0 Å². The Bertz CT molecular complexity index is 1350. The van der Waals surface area contributed by atoms with Crippen molar-refractivity contribution in [2.75, 3.05) is 5.32 Å². The maximum absolute atomic E-state index is 6.21. The third-order valence-corrected chi connectivity index (χ3v) is 6.15. The molecule has 0 saturated heterocycles. The summed E-state index contributed by atoms with van der Waals surface area (Å²) < 4.78 is 8.27. The number of rotatable bonds is 4. The van der Waals surface area contributed by atoms with Crippen molar-refractivity contribution in [1.82, 2.24) is 20.0 Å². The first-order valence-electron chi connectivity index (χ1n) is 10.7. The van der Waals surface area contributed by atoms with Crippen LogP contribution < -0.4 is 5.32 Å². The van der Waals surface area contributed by atoms with Crippen molar-refractivity contribution in [3.63, 3.8) is 0 Å². The first-order valence-corrected chi connectivity index (χ1v) is 10.7. The van der Waals surface area contributed by atoms with E-state index in [1.54, 1.807) is 0 Å². The Morgan fingerprint density at radius 3 is 2.67 bits per heavy atom. The van der Waals surface area contributed by atoms with E-state index in [4.69, 9.17) is 9.40 Å². The lowest BCUT2D eigenvalue weighted by molar-refractivity contribution is 0.324. The van der Waals surface area contributed by atoms with Gasteiger partial charge in [-0.1, -0.05) is 54.8 Å². The highest BCUT2D eigenvalue weighted by Gasteiger charge is 2.18. The summed E-state index contributed by atoms with van der Waals surface area (Å²) in [5.74, 6) is 0. The predicted molar refractivity (Wildman–Crippen MR) is 118 cm³/mol. The molecule has 0 amide bonds. The quantitative estimate of drug-likeness (QED) is 0.412. The minimum atomic E-state index is 0.490. The van der Waals surface area contributed by atoms with E-state index in [9.17, 15) is 0 Å². The molecular formula is C24H23N5O. The van der Waals surface area contributed by atoms with Crippen LogP contribution >= 0.6 is 0 Å². The Balaban J connectivity index is 1.38. The highest BCUT2D eigenvalue weighted by molar-refractivity contribution is 6.13. The molecule has 1 saturated carbocycles. The van der Waals surface area contributed by atoms with E-state index in [1.807, 2.05) is 36.4 Å². The Labute approximate surface area is 173 Å². The molecule has 6 nitrogen and oxygen atoms in total. The fourth-order valence-corrected chi connectivity index (χ4v) is 4.61. The Morgan fingerprint density at radius 2 is 1.77 bits per heavy atom. The van der Waals surface area contributed by atoms with E-state index < -0.39 is 0 Å². The lowest BCUT2D eigenvalue weighted by Gasteiger charge is -2.20. The molecule has 0 spiro atoms. The summed E-state index contributed by atoms with van der Waals surface area (Å²) >= 11 is 0. The molecule has 1 fully saturated rings. The molecule has 6 heteroatoms. The van der Waals surface area contributed by atoms with Crippen LogP contribution in [0.1, 0.15) is 43.8 Å². The largest absolute Gasteiger partial charge is 0.452 e. The van der Waals surface area contributed by atoms with Gasteiger partial charge in [0.05, 0.1) is 30.0 Å². The van der Waals surface area contributed by atoms with Gasteiger partial charge in [0, 0.05) is 10.8 Å². The van der Waals surface area contributed by atoms with Crippen molar-refractivity contribution in [2.24, 2.45) is 0 Å². The number of furan rings is 1. The van der Waals surface area contributed by atoms with Crippen molar-refractivity contribution in [3.05, 3.63) is 60.4 Å². The summed E-state index contributed by atoms with van der Waals surface area (Å²) in [6, 6.07) is 16.7. The number of pyridine rings is 1. The molecule has 6 rings (SSSR count). The summed E-state index contributed by atoms with van der Waals surface area (Å²) in [7, 11) is 0. The van der Waals surface area contributed by atoms with Crippen LogP contribution in [0.5, 0.6) is 0 Å². The second kappa shape index (κ2) is 7.13. The monoisotopic (exact) mass is 397 g/mol. The zero-order chi connectivity index (χ0) is 19.9. The average Bonchev–Trinajstić information content (AvgIpc) is 3.42. The Morgan fingerprint density at radius 1 is 0.967 bits per heavy atom. The summed E-state index contributed by atoms with van der Waals surface area (Å²) in [6.45, 7) is 0.590. The number of hydrogen-bond acceptors (Lipinski definition) is 5. The zero-order valence-electron chi connectivity index (χ0n) is 16.7. The van der Waals surface area contributed by atoms with Gasteiger partial charge < -0.3 is 9.73 Å². The highest BCUT2D eigenvalue weighted by Crippen LogP contribution is 2.37. The maximum Gasteiger partial charge on any atom is 0.177 e. The van der Waals surface area contributed by atoms with Crippen molar-refractivity contribution in [3.8, 4) is 0 Å². The number of nitrogens with zero attached hydrogens (tertiary/aromatic N) is 4. The van der Waals surface area contributed by atoms with Gasteiger partial charge in [-0.05, 0) is 31.0 Å². The fraction of sp³-hybridized carbons (Fsp3) is 0.292. The average molecular weight is 397 g/mol. The number of nitrogens with one attached hydrogen (secondary N) is 1. The van der Waals surface area contributed by atoms with Crippen LogP contribution in [0.15, 0.2) is 59.1 Å². The van der Waals surface area contributed by atoms with E-state index in [-0.39, 0.29) is 0 Å². The molecule has 0 radical (unpaired) electrons. The SMILES string of the molecule is c1ccc2c(NCc3cn(C4CCCCC4)nn3)c3oc4ccccc4c3nc2c1. The number of fused-ring (bicyclic) bond motifs is 4. The zero-order valence-corrected chi connectivity index (χ0v) is 16.7. The molecule has 30 heavy (non-hydrogen) atoms. The van der Waals surface area contributed by atoms with E-state index >= 15 is 0 Å². The van der Waals surface area contributed by atoms with E-state index in [0.717, 1.165) is 44.4 Å². The summed E-state index contributed by atoms with van der Waals surface area (Å²) in [5, 5.41) is 14.5. The number of aromatic nitrogens is 4. The predicted octanol–water partition coefficient (Wildman–Crippen LogP) is 5.84. The number of para-hydroxylation sites is 2. The van der Waals surface area contributed by atoms with Gasteiger partial charge in [-0.15, -0.1) is 5.10 Å². The van der Waals surface area contributed by atoms with Crippen LogP contribution in [-0.4, -0.2) is 20.0 Å². The summed E-state index contributed by atoms with van der Waals surface area (Å²) in [6.07, 6.45) is 8.39. The lowest BCUT2D eigenvalue weighted by Crippen LogP contribution is -2.13. The molecule has 0 atom stereocenters. The second-order valence-electron chi connectivity index (χ2n) is 8.12. The lowest BCUT2D eigenvalue weighted by atomic mass is 9.96. The minimum Gasteiger partial charge on any atom is -0.452 e. The van der Waals surface area contributed by atoms with Crippen LogP contribution in [0, 0.1) is 0 Å². The first-order chi connectivity index (χ1) is 14.9. The summed E-state index contributed by atoms with van der Waals surface area (Å²) in [4.78, 5) is 4.88. The molecule has 2 aromatic carbocycles. The maximum atomic E-state index is 6.21. The highest BCUT2D eigenvalue weighted by atomic mass is 16.3. The van der Waals surface area contributed by atoms with Crippen molar-refractivity contribution >= 4 is 38.7 Å². The minimum absolute atomic E-state index is 0.490. The summed E-state index contributed by atoms with van der Waals surface area (Å²) in [5.41, 5.74) is 5.36. The van der Waals surface area contributed by atoms with Crippen LogP contribution in [0.2, 0.25) is 0 Å². The molecule has 0 aliphatic heterocycles. The molecule has 1 aliphatic carbocycles. The third kappa shape index (κ3) is 2.91. The standard InChI is InChI=1S/C24H23N5O/c1-2-8-17(9-3-1)29-15-16(27-28-29)14-25-22-18-10-4-6-12-20(18)26-23-19-11-5-7-13-21(19)30-24(22)23/h4-7,10-13,15,17H,1-3,8-9,14H2,(H,25,26). The van der Waals surface area contributed by atoms with E-state index in [2.05, 4.69) is 38.6 Å². The van der Waals surface area contributed by atoms with Crippen molar-refractivity contribution in [1.29, 1.82) is 0 Å². The Hall–Kier alpha value is -3.41. The topological polar surface area (TPSA) is 68.8 Å². The smallest absolute Gasteiger partial charge is 0.177 e. The van der Waals surface area contributed by atoms with Crippen LogP contribution in [0.25, 0.3) is 33.0 Å². The molecule has 3 heterocycles. The van der Waals surface area contributed by atoms with Gasteiger partial charge in [0.15, 0.2) is 5.58 Å². The molecule has 0 bridgehead atoms. The van der Waals surface area contributed by atoms with Crippen molar-refractivity contribution < 1.29 is 4.42 Å². The van der Waals surface area contributed by atoms with Gasteiger partial charge in [0.2, 0.25) is 0 Å². The molecule has 1 N–H and O–H groups in total. The third-order valence-electron chi connectivity index (χ3n) is 6.15. The van der Waals surface area contributed by atoms with Gasteiger partial charge >= 0.3 is 0 Å². The van der Waals surface area contributed by atoms with Crippen molar-refractivity contribution in [2.45, 2.75) is 44.7 Å². The molecule has 1 aliphatic rings. The molecule has 5 aromatic rings. The number of benzene rings is 2. The van der Waals surface area contributed by atoms with Gasteiger partial charge in [0.1, 0.15) is 16.8 Å². The second-order valence-corrected chi connectivity index (χ2v) is 8.12. The molecule has 0 unspecified atom stereocenters. The Kier molecular flexibility index (Phi) is 4.15. The van der Waals surface area contributed by atoms with Gasteiger partial charge in [-0.3, -0.25) is 0 Å². The van der Waals surface area contributed by atoms with E-state index in [1.165, 1.54) is 32.1 Å². The molecular weight excluding hydrogens is 374 g/mol. The van der Waals surface area contributed by atoms with Gasteiger partial charge in [-0.25, -0.2) is 9.67 Å². The van der Waals surface area contributed by atoms with Crippen LogP contribution in [0.4, 0.5) is 5.69 Å². The first kappa shape index (κ1) is 17.4. The normalized spacial score (nSPS) is 15.3.